The number of carboxylic acid groups (broad SMARTS) is 1. The molecule has 0 amide bonds. The minimum atomic E-state index is -0.981. The summed E-state index contributed by atoms with van der Waals surface area (Å²) in [5, 5.41) is 12.8. The zero-order valence-corrected chi connectivity index (χ0v) is 9.79. The van der Waals surface area contributed by atoms with Crippen LogP contribution in [0.1, 0.15) is 29.8 Å². The number of hydrogen-bond acceptors (Lipinski definition) is 5. The predicted molar refractivity (Wildman–Crippen MR) is 61.1 cm³/mol. The van der Waals surface area contributed by atoms with Crippen molar-refractivity contribution in [2.75, 3.05) is 12.4 Å². The van der Waals surface area contributed by atoms with Gasteiger partial charge in [-0.05, 0) is 19.3 Å². The number of methoxy groups -OCH3 is 1. The largest absolute Gasteiger partial charge is 0.476 e. The normalized spacial score (nSPS) is 24.6. The molecule has 1 aliphatic rings. The van der Waals surface area contributed by atoms with Crippen LogP contribution in [0.2, 0.25) is 0 Å². The van der Waals surface area contributed by atoms with Gasteiger partial charge in [0.1, 0.15) is 5.00 Å². The molecule has 0 spiro atoms. The maximum absolute atomic E-state index is 10.9. The maximum Gasteiger partial charge on any atom is 0.357 e. The molecule has 2 N–H and O–H groups in total. The number of ether oxygens (including phenoxy) is 1. The highest BCUT2D eigenvalue weighted by Gasteiger charge is 2.26. The van der Waals surface area contributed by atoms with Gasteiger partial charge in [-0.2, -0.15) is 0 Å². The molecule has 88 valence electrons. The predicted octanol–water partition coefficient (Wildman–Crippen LogP) is 1.82. The second-order valence-corrected chi connectivity index (χ2v) is 4.70. The van der Waals surface area contributed by atoms with Gasteiger partial charge in [0.05, 0.1) is 11.6 Å². The van der Waals surface area contributed by atoms with Crippen molar-refractivity contribution >= 4 is 22.3 Å². The molecule has 2 rings (SSSR count). The summed E-state index contributed by atoms with van der Waals surface area (Å²) in [7, 11) is 1.71. The summed E-state index contributed by atoms with van der Waals surface area (Å²) in [5.41, 5.74) is 1.67. The van der Waals surface area contributed by atoms with Gasteiger partial charge in [0.25, 0.3) is 0 Å². The Morgan fingerprint density at radius 1 is 1.69 bits per heavy atom. The number of nitrogens with zero attached hydrogens (tertiary/aromatic N) is 1. The molecule has 1 saturated carbocycles. The average Bonchev–Trinajstić information content (AvgIpc) is 2.87. The topological polar surface area (TPSA) is 71.5 Å². The Morgan fingerprint density at radius 3 is 3.12 bits per heavy atom. The molecule has 0 radical (unpaired) electrons. The van der Waals surface area contributed by atoms with Gasteiger partial charge in [-0.15, -0.1) is 11.3 Å². The Morgan fingerprint density at radius 2 is 2.50 bits per heavy atom. The molecule has 1 heterocycles. The van der Waals surface area contributed by atoms with E-state index in [1.807, 2.05) is 0 Å². The van der Waals surface area contributed by atoms with Crippen molar-refractivity contribution in [1.82, 2.24) is 4.98 Å². The Labute approximate surface area is 97.5 Å². The van der Waals surface area contributed by atoms with Gasteiger partial charge in [0.2, 0.25) is 0 Å². The van der Waals surface area contributed by atoms with Crippen molar-refractivity contribution < 1.29 is 14.6 Å². The van der Waals surface area contributed by atoms with E-state index in [-0.39, 0.29) is 5.69 Å². The molecule has 0 saturated heterocycles. The molecule has 1 aromatic rings. The number of rotatable bonds is 4. The zero-order valence-electron chi connectivity index (χ0n) is 8.97. The van der Waals surface area contributed by atoms with E-state index < -0.39 is 5.97 Å². The van der Waals surface area contributed by atoms with Gasteiger partial charge in [0, 0.05) is 13.2 Å². The van der Waals surface area contributed by atoms with Crippen LogP contribution < -0.4 is 5.32 Å². The van der Waals surface area contributed by atoms with Gasteiger partial charge < -0.3 is 15.2 Å². The lowest BCUT2D eigenvalue weighted by molar-refractivity contribution is 0.0692. The van der Waals surface area contributed by atoms with E-state index >= 15 is 0 Å². The van der Waals surface area contributed by atoms with Crippen LogP contribution in [0, 0.1) is 0 Å². The lowest BCUT2D eigenvalue weighted by Crippen LogP contribution is -2.18. The number of thiazole rings is 1. The van der Waals surface area contributed by atoms with Gasteiger partial charge in [-0.3, -0.25) is 0 Å². The summed E-state index contributed by atoms with van der Waals surface area (Å²) in [4.78, 5) is 14.7. The van der Waals surface area contributed by atoms with Crippen LogP contribution in [0.15, 0.2) is 5.51 Å². The third-order valence-corrected chi connectivity index (χ3v) is 3.58. The summed E-state index contributed by atoms with van der Waals surface area (Å²) in [6.45, 7) is 0. The smallest absolute Gasteiger partial charge is 0.357 e. The number of carboxylic acids is 1. The van der Waals surface area contributed by atoms with Crippen LogP contribution in [0.25, 0.3) is 0 Å². The van der Waals surface area contributed by atoms with Crippen molar-refractivity contribution in [3.8, 4) is 0 Å². The van der Waals surface area contributed by atoms with Crippen LogP contribution in [0.3, 0.4) is 0 Å². The van der Waals surface area contributed by atoms with E-state index in [1.54, 1.807) is 12.6 Å². The van der Waals surface area contributed by atoms with E-state index in [2.05, 4.69) is 10.3 Å². The highest BCUT2D eigenvalue weighted by Crippen LogP contribution is 2.28. The molecule has 2 unspecified atom stereocenters. The molecule has 16 heavy (non-hydrogen) atoms. The highest BCUT2D eigenvalue weighted by molar-refractivity contribution is 7.14. The number of nitrogens with one attached hydrogen (secondary N) is 1. The molecule has 2 atom stereocenters. The fourth-order valence-electron chi connectivity index (χ4n) is 1.97. The molecule has 0 aromatic carbocycles. The molecule has 1 aromatic heterocycles. The van der Waals surface area contributed by atoms with Gasteiger partial charge in [0.15, 0.2) is 5.69 Å². The van der Waals surface area contributed by atoms with E-state index in [0.29, 0.717) is 17.1 Å². The van der Waals surface area contributed by atoms with Crippen LogP contribution in [0.4, 0.5) is 5.00 Å². The number of aromatic carboxylic acids is 1. The summed E-state index contributed by atoms with van der Waals surface area (Å²) in [6, 6.07) is 0.295. The quantitative estimate of drug-likeness (QED) is 0.842. The molecular formula is C10H14N2O3S. The Balaban J connectivity index is 1.99. The van der Waals surface area contributed by atoms with Crippen LogP contribution in [-0.4, -0.2) is 35.3 Å². The minimum absolute atomic E-state index is 0.117. The third kappa shape index (κ3) is 2.33. The number of hydrogen-bond donors (Lipinski definition) is 2. The molecule has 6 heteroatoms. The van der Waals surface area contributed by atoms with Crippen molar-refractivity contribution in [2.24, 2.45) is 0 Å². The minimum Gasteiger partial charge on any atom is -0.476 e. The SMILES string of the molecule is COC1CCC(Nc2scnc2C(=O)O)C1. The van der Waals surface area contributed by atoms with Gasteiger partial charge in [-0.1, -0.05) is 0 Å². The molecule has 0 aliphatic heterocycles. The van der Waals surface area contributed by atoms with Crippen LogP contribution in [0.5, 0.6) is 0 Å². The van der Waals surface area contributed by atoms with E-state index in [0.717, 1.165) is 19.3 Å². The Bertz CT molecular complexity index is 380. The fraction of sp³-hybridized carbons (Fsp3) is 0.600. The first-order valence-electron chi connectivity index (χ1n) is 5.16. The first-order valence-corrected chi connectivity index (χ1v) is 6.04. The first-order chi connectivity index (χ1) is 7.70. The maximum atomic E-state index is 10.9. The van der Waals surface area contributed by atoms with Crippen LogP contribution in [-0.2, 0) is 4.74 Å². The van der Waals surface area contributed by atoms with Crippen molar-refractivity contribution in [3.05, 3.63) is 11.2 Å². The van der Waals surface area contributed by atoms with Gasteiger partial charge >= 0.3 is 5.97 Å². The summed E-state index contributed by atoms with van der Waals surface area (Å²) >= 11 is 1.33. The van der Waals surface area contributed by atoms with Crippen LogP contribution >= 0.6 is 11.3 Å². The second-order valence-electron chi connectivity index (χ2n) is 3.85. The van der Waals surface area contributed by atoms with Crippen molar-refractivity contribution in [2.45, 2.75) is 31.4 Å². The van der Waals surface area contributed by atoms with E-state index in [1.165, 1.54) is 11.3 Å². The summed E-state index contributed by atoms with van der Waals surface area (Å²) in [6.07, 6.45) is 3.25. The second kappa shape index (κ2) is 4.80. The summed E-state index contributed by atoms with van der Waals surface area (Å²) < 4.78 is 5.27. The molecule has 0 bridgehead atoms. The standard InChI is InChI=1S/C10H14N2O3S/c1-15-7-3-2-6(4-7)12-9-8(10(13)14)11-5-16-9/h5-7,12H,2-4H2,1H3,(H,13,14). The average molecular weight is 242 g/mol. The Kier molecular flexibility index (Phi) is 3.40. The number of aromatic nitrogens is 1. The molecule has 1 fully saturated rings. The molecule has 5 nitrogen and oxygen atoms in total. The zero-order chi connectivity index (χ0) is 11.5. The van der Waals surface area contributed by atoms with Crippen molar-refractivity contribution in [1.29, 1.82) is 0 Å². The van der Waals surface area contributed by atoms with E-state index in [4.69, 9.17) is 9.84 Å². The molecular weight excluding hydrogens is 228 g/mol. The molecule has 1 aliphatic carbocycles. The van der Waals surface area contributed by atoms with Crippen molar-refractivity contribution in [3.63, 3.8) is 0 Å². The first kappa shape index (κ1) is 11.3. The summed E-state index contributed by atoms with van der Waals surface area (Å²) in [5.74, 6) is -0.981. The highest BCUT2D eigenvalue weighted by atomic mass is 32.1. The third-order valence-electron chi connectivity index (χ3n) is 2.82. The Hall–Kier alpha value is -1.14. The number of anilines is 1. The lowest BCUT2D eigenvalue weighted by atomic mass is 10.2. The van der Waals surface area contributed by atoms with Gasteiger partial charge in [-0.25, -0.2) is 9.78 Å². The lowest BCUT2D eigenvalue weighted by Gasteiger charge is -2.12. The number of carbonyl (C=O) groups is 1. The monoisotopic (exact) mass is 242 g/mol. The van der Waals surface area contributed by atoms with E-state index in [9.17, 15) is 4.79 Å². The fourth-order valence-corrected chi connectivity index (χ4v) is 2.72.